The lowest BCUT2D eigenvalue weighted by Crippen LogP contribution is -2.33. The third-order valence-corrected chi connectivity index (χ3v) is 6.35. The number of carboxylic acid groups (broad SMARTS) is 2. The molecule has 2 aromatic carbocycles. The second-order valence-corrected chi connectivity index (χ2v) is 9.63. The van der Waals surface area contributed by atoms with Crippen LogP contribution in [0.3, 0.4) is 0 Å². The minimum absolute atomic E-state index is 0.136. The molecule has 1 aliphatic heterocycles. The van der Waals surface area contributed by atoms with Crippen LogP contribution in [-0.4, -0.2) is 71.2 Å². The van der Waals surface area contributed by atoms with Crippen LogP contribution in [0.4, 0.5) is 5.69 Å². The second-order valence-electron chi connectivity index (χ2n) is 9.63. The van der Waals surface area contributed by atoms with Crippen molar-refractivity contribution >= 4 is 29.6 Å². The molecule has 0 amide bonds. The van der Waals surface area contributed by atoms with E-state index in [4.69, 9.17) is 19.7 Å². The fourth-order valence-corrected chi connectivity index (χ4v) is 4.36. The van der Waals surface area contributed by atoms with E-state index in [0.29, 0.717) is 30.0 Å². The van der Waals surface area contributed by atoms with Crippen molar-refractivity contribution in [1.29, 1.82) is 0 Å². The van der Waals surface area contributed by atoms with Gasteiger partial charge in [0.15, 0.2) is 0 Å². The lowest BCUT2D eigenvalue weighted by atomic mass is 9.80. The maximum absolute atomic E-state index is 13.3. The van der Waals surface area contributed by atoms with Crippen LogP contribution in [-0.2, 0) is 35.2 Å². The number of rotatable bonds is 12. The standard InChI is InChI=1S/C26H29N3O6.C4H6O4/c1-17-22(25(30)34-4)24(20-11-8-12-21(15-20)29(32)33)23(18(2)27-17)26(31)35-14-13-28(3)16-19-9-6-5-7-10-19;5-3(6)1-2-4(7)8/h5-12,15,24,27H,13-14,16H2,1-4H3;1-2H2,(H,5,6)(H,7,8). The van der Waals surface area contributed by atoms with Gasteiger partial charge in [-0.25, -0.2) is 9.59 Å². The smallest absolute Gasteiger partial charge is 0.336 e. The van der Waals surface area contributed by atoms with E-state index in [1.54, 1.807) is 19.9 Å². The number of likely N-dealkylation sites (N-methyl/N-ethyl adjacent to an activating group) is 1. The van der Waals surface area contributed by atoms with Crippen LogP contribution in [0.25, 0.3) is 0 Å². The first kappa shape index (κ1) is 34.2. The number of ether oxygens (including phenoxy) is 2. The van der Waals surface area contributed by atoms with Crippen LogP contribution in [0, 0.1) is 10.1 Å². The van der Waals surface area contributed by atoms with E-state index in [0.717, 1.165) is 5.56 Å². The van der Waals surface area contributed by atoms with Gasteiger partial charge in [-0.3, -0.25) is 24.6 Å². The van der Waals surface area contributed by atoms with Crippen molar-refractivity contribution in [3.8, 4) is 0 Å². The molecule has 0 saturated heterocycles. The number of carboxylic acids is 2. The summed E-state index contributed by atoms with van der Waals surface area (Å²) in [6, 6.07) is 15.8. The Labute approximate surface area is 248 Å². The van der Waals surface area contributed by atoms with Crippen molar-refractivity contribution in [3.05, 3.63) is 98.4 Å². The number of aliphatic carboxylic acids is 2. The Kier molecular flexibility index (Phi) is 13.0. The average molecular weight is 598 g/mol. The molecule has 1 atom stereocenters. The highest BCUT2D eigenvalue weighted by molar-refractivity contribution is 5.99. The summed E-state index contributed by atoms with van der Waals surface area (Å²) in [7, 11) is 3.18. The van der Waals surface area contributed by atoms with Gasteiger partial charge < -0.3 is 25.0 Å². The topological polar surface area (TPSA) is 186 Å². The van der Waals surface area contributed by atoms with Gasteiger partial charge in [-0.2, -0.15) is 0 Å². The van der Waals surface area contributed by atoms with E-state index in [-0.39, 0.29) is 36.3 Å². The van der Waals surface area contributed by atoms with E-state index < -0.39 is 34.7 Å². The van der Waals surface area contributed by atoms with Crippen LogP contribution in [0.5, 0.6) is 0 Å². The predicted octanol–water partition coefficient (Wildman–Crippen LogP) is 3.61. The molecule has 0 saturated carbocycles. The molecule has 0 fully saturated rings. The Balaban J connectivity index is 0.000000708. The molecule has 13 heteroatoms. The summed E-state index contributed by atoms with van der Waals surface area (Å²) in [4.78, 5) is 58.1. The van der Waals surface area contributed by atoms with Crippen LogP contribution < -0.4 is 5.32 Å². The molecule has 13 nitrogen and oxygen atoms in total. The first-order valence-electron chi connectivity index (χ1n) is 13.2. The normalized spacial score (nSPS) is 14.3. The average Bonchev–Trinajstić information content (AvgIpc) is 2.96. The summed E-state index contributed by atoms with van der Waals surface area (Å²) in [5, 5.41) is 30.2. The van der Waals surface area contributed by atoms with E-state index in [9.17, 15) is 29.3 Å². The summed E-state index contributed by atoms with van der Waals surface area (Å²) >= 11 is 0. The molecule has 1 aliphatic rings. The number of esters is 2. The maximum atomic E-state index is 13.3. The Morgan fingerprint density at radius 2 is 1.51 bits per heavy atom. The number of dihydropyridines is 1. The maximum Gasteiger partial charge on any atom is 0.336 e. The third-order valence-electron chi connectivity index (χ3n) is 6.35. The number of carbonyl (C=O) groups excluding carboxylic acids is 2. The zero-order chi connectivity index (χ0) is 32.1. The molecule has 0 aliphatic carbocycles. The molecule has 2 aromatic rings. The number of hydrogen-bond donors (Lipinski definition) is 3. The van der Waals surface area contributed by atoms with Gasteiger partial charge in [-0.1, -0.05) is 42.5 Å². The SMILES string of the molecule is COC(=O)C1=C(C)NC(C)=C(C(=O)OCCN(C)Cc2ccccc2)C1c1cccc([N+](=O)[O-])c1.O=C(O)CCC(=O)O. The van der Waals surface area contributed by atoms with Crippen LogP contribution >= 0.6 is 0 Å². The monoisotopic (exact) mass is 597 g/mol. The fraction of sp³-hybridized carbons (Fsp3) is 0.333. The zero-order valence-corrected chi connectivity index (χ0v) is 24.4. The minimum Gasteiger partial charge on any atom is -0.481 e. The molecule has 0 aromatic heterocycles. The Morgan fingerprint density at radius 1 is 0.930 bits per heavy atom. The number of nitro benzene ring substituents is 1. The molecule has 1 heterocycles. The van der Waals surface area contributed by atoms with Gasteiger partial charge in [-0.05, 0) is 32.0 Å². The summed E-state index contributed by atoms with van der Waals surface area (Å²) < 4.78 is 10.6. The summed E-state index contributed by atoms with van der Waals surface area (Å²) in [5.41, 5.74) is 2.85. The van der Waals surface area contributed by atoms with E-state index in [1.165, 1.54) is 25.3 Å². The fourth-order valence-electron chi connectivity index (χ4n) is 4.36. The Bertz CT molecular complexity index is 1390. The second kappa shape index (κ2) is 16.4. The van der Waals surface area contributed by atoms with Crippen molar-refractivity contribution in [2.45, 2.75) is 39.2 Å². The Hall–Kier alpha value is -5.04. The summed E-state index contributed by atoms with van der Waals surface area (Å²) in [5.74, 6) is -4.27. The highest BCUT2D eigenvalue weighted by Gasteiger charge is 2.38. The minimum atomic E-state index is -1.08. The number of nitrogens with one attached hydrogen (secondary N) is 1. The van der Waals surface area contributed by atoms with Crippen LogP contribution in [0.1, 0.15) is 43.7 Å². The number of nitrogens with zero attached hydrogens (tertiary/aromatic N) is 2. The number of benzene rings is 2. The van der Waals surface area contributed by atoms with E-state index >= 15 is 0 Å². The molecule has 0 bridgehead atoms. The molecule has 230 valence electrons. The van der Waals surface area contributed by atoms with E-state index in [2.05, 4.69) is 5.32 Å². The molecule has 3 N–H and O–H groups in total. The molecule has 0 radical (unpaired) electrons. The van der Waals surface area contributed by atoms with Crippen molar-refractivity contribution in [2.75, 3.05) is 27.3 Å². The molecule has 1 unspecified atom stereocenters. The third kappa shape index (κ3) is 10.4. The highest BCUT2D eigenvalue weighted by atomic mass is 16.6. The molecule has 3 rings (SSSR count). The first-order chi connectivity index (χ1) is 20.3. The molecular formula is C30H35N3O10. The van der Waals surface area contributed by atoms with Crippen molar-refractivity contribution < 1.29 is 43.8 Å². The largest absolute Gasteiger partial charge is 0.481 e. The highest BCUT2D eigenvalue weighted by Crippen LogP contribution is 2.40. The van der Waals surface area contributed by atoms with E-state index in [1.807, 2.05) is 42.3 Å². The van der Waals surface area contributed by atoms with Crippen molar-refractivity contribution in [2.24, 2.45) is 0 Å². The number of hydrogen-bond acceptors (Lipinski definition) is 10. The van der Waals surface area contributed by atoms with Crippen molar-refractivity contribution in [3.63, 3.8) is 0 Å². The Morgan fingerprint density at radius 3 is 2.05 bits per heavy atom. The number of methoxy groups -OCH3 is 1. The van der Waals surface area contributed by atoms with Gasteiger partial charge >= 0.3 is 23.9 Å². The number of carbonyl (C=O) groups is 4. The predicted molar refractivity (Wildman–Crippen MR) is 155 cm³/mol. The summed E-state index contributed by atoms with van der Waals surface area (Å²) in [6.45, 7) is 4.74. The number of nitro groups is 1. The molecular weight excluding hydrogens is 562 g/mol. The zero-order valence-electron chi connectivity index (χ0n) is 24.4. The number of non-ortho nitro benzene ring substituents is 1. The molecule has 43 heavy (non-hydrogen) atoms. The van der Waals surface area contributed by atoms with Gasteiger partial charge in [0.05, 0.1) is 41.9 Å². The molecule has 0 spiro atoms. The summed E-state index contributed by atoms with van der Waals surface area (Å²) in [6.07, 6.45) is -0.593. The van der Waals surface area contributed by atoms with Crippen molar-refractivity contribution in [1.82, 2.24) is 10.2 Å². The van der Waals surface area contributed by atoms with Gasteiger partial charge in [0.2, 0.25) is 0 Å². The van der Waals surface area contributed by atoms with Gasteiger partial charge in [0.25, 0.3) is 5.69 Å². The lowest BCUT2D eigenvalue weighted by molar-refractivity contribution is -0.384. The van der Waals surface area contributed by atoms with Gasteiger partial charge in [0, 0.05) is 36.6 Å². The first-order valence-corrected chi connectivity index (χ1v) is 13.2. The number of allylic oxidation sites excluding steroid dienone is 2. The quantitative estimate of drug-likeness (QED) is 0.184. The van der Waals surface area contributed by atoms with Crippen LogP contribution in [0.15, 0.2) is 77.1 Å². The lowest BCUT2D eigenvalue weighted by Gasteiger charge is -2.30. The van der Waals surface area contributed by atoms with Crippen LogP contribution in [0.2, 0.25) is 0 Å². The van der Waals surface area contributed by atoms with Gasteiger partial charge in [-0.15, -0.1) is 0 Å². The van der Waals surface area contributed by atoms with Gasteiger partial charge in [0.1, 0.15) is 6.61 Å².